The van der Waals surface area contributed by atoms with Crippen LogP contribution >= 0.6 is 23.4 Å². The number of thioether (sulfide) groups is 1. The summed E-state index contributed by atoms with van der Waals surface area (Å²) in [5.74, 6) is 6.33. The van der Waals surface area contributed by atoms with Crippen molar-refractivity contribution in [2.24, 2.45) is 0 Å². The van der Waals surface area contributed by atoms with Crippen molar-refractivity contribution < 1.29 is 0 Å². The van der Waals surface area contributed by atoms with Gasteiger partial charge in [0.1, 0.15) is 6.54 Å². The number of aromatic nitrogens is 2. The fraction of sp³-hybridized carbons (Fsp3) is 0.105. The monoisotopic (exact) mass is 338 g/mol. The largest absolute Gasteiger partial charge is 0.260 e. The zero-order valence-electron chi connectivity index (χ0n) is 12.7. The Balaban J connectivity index is 1.73. The van der Waals surface area contributed by atoms with E-state index in [0.29, 0.717) is 11.6 Å². The second kappa shape index (κ2) is 7.41. The molecule has 114 valence electrons. The Morgan fingerprint density at radius 1 is 1.13 bits per heavy atom. The minimum atomic E-state index is 0.550. The van der Waals surface area contributed by atoms with E-state index in [9.17, 15) is 0 Å². The smallest absolute Gasteiger partial charge is 0.102 e. The summed E-state index contributed by atoms with van der Waals surface area (Å²) >= 11 is 7.92. The van der Waals surface area contributed by atoms with E-state index < -0.39 is 0 Å². The Bertz CT molecular complexity index is 874. The highest BCUT2D eigenvalue weighted by atomic mass is 35.5. The average molecular weight is 339 g/mol. The van der Waals surface area contributed by atoms with Gasteiger partial charge in [0.25, 0.3) is 0 Å². The predicted octanol–water partition coefficient (Wildman–Crippen LogP) is 4.98. The Morgan fingerprint density at radius 3 is 2.83 bits per heavy atom. The maximum absolute atomic E-state index is 6.20. The van der Waals surface area contributed by atoms with Gasteiger partial charge in [-0.3, -0.25) is 4.68 Å². The first-order valence-corrected chi connectivity index (χ1v) is 8.78. The van der Waals surface area contributed by atoms with E-state index in [4.69, 9.17) is 11.6 Å². The normalized spacial score (nSPS) is 10.2. The first kappa shape index (κ1) is 15.7. The zero-order valence-corrected chi connectivity index (χ0v) is 14.2. The summed E-state index contributed by atoms with van der Waals surface area (Å²) in [6, 6.07) is 17.9. The van der Waals surface area contributed by atoms with Crippen LogP contribution in [0.2, 0.25) is 5.02 Å². The van der Waals surface area contributed by atoms with Crippen LogP contribution in [-0.4, -0.2) is 16.0 Å². The van der Waals surface area contributed by atoms with Crippen molar-refractivity contribution >= 4 is 23.4 Å². The molecule has 0 unspecified atom stereocenters. The van der Waals surface area contributed by atoms with Crippen LogP contribution in [0.3, 0.4) is 0 Å². The molecule has 2 nitrogen and oxygen atoms in total. The van der Waals surface area contributed by atoms with Gasteiger partial charge >= 0.3 is 0 Å². The molecular weight excluding hydrogens is 324 g/mol. The first-order valence-electron chi connectivity index (χ1n) is 7.17. The second-order valence-electron chi connectivity index (χ2n) is 4.91. The van der Waals surface area contributed by atoms with E-state index in [1.165, 1.54) is 4.90 Å². The Hall–Kier alpha value is -2.15. The van der Waals surface area contributed by atoms with Gasteiger partial charge in [0.2, 0.25) is 0 Å². The van der Waals surface area contributed by atoms with Crippen LogP contribution in [0.1, 0.15) is 5.56 Å². The summed E-state index contributed by atoms with van der Waals surface area (Å²) in [4.78, 5) is 1.22. The van der Waals surface area contributed by atoms with Gasteiger partial charge in [0.15, 0.2) is 0 Å². The van der Waals surface area contributed by atoms with Gasteiger partial charge in [-0.1, -0.05) is 47.7 Å². The number of hydrogen-bond acceptors (Lipinski definition) is 2. The molecule has 0 aliphatic heterocycles. The highest BCUT2D eigenvalue weighted by molar-refractivity contribution is 7.98. The molecule has 0 aliphatic rings. The number of benzene rings is 2. The zero-order chi connectivity index (χ0) is 16.1. The molecule has 0 fully saturated rings. The average Bonchev–Trinajstić information content (AvgIpc) is 3.04. The summed E-state index contributed by atoms with van der Waals surface area (Å²) in [5.41, 5.74) is 2.82. The second-order valence-corrected chi connectivity index (χ2v) is 6.20. The molecule has 0 atom stereocenters. The summed E-state index contributed by atoms with van der Waals surface area (Å²) in [6.45, 7) is 0.550. The fourth-order valence-corrected chi connectivity index (χ4v) is 2.88. The van der Waals surface area contributed by atoms with Gasteiger partial charge < -0.3 is 0 Å². The lowest BCUT2D eigenvalue weighted by Crippen LogP contribution is -1.96. The Labute approximate surface area is 145 Å². The molecule has 0 aliphatic carbocycles. The van der Waals surface area contributed by atoms with Crippen molar-refractivity contribution in [1.82, 2.24) is 9.78 Å². The van der Waals surface area contributed by atoms with Gasteiger partial charge in [-0.15, -0.1) is 11.8 Å². The van der Waals surface area contributed by atoms with Gasteiger partial charge in [-0.05, 0) is 36.6 Å². The van der Waals surface area contributed by atoms with Crippen molar-refractivity contribution in [3.8, 4) is 23.1 Å². The fourth-order valence-electron chi connectivity index (χ4n) is 2.19. The molecule has 1 aromatic heterocycles. The molecule has 0 N–H and O–H groups in total. The molecule has 0 bridgehead atoms. The highest BCUT2D eigenvalue weighted by Crippen LogP contribution is 2.25. The van der Waals surface area contributed by atoms with E-state index in [1.54, 1.807) is 11.8 Å². The molecule has 0 spiro atoms. The molecular formula is C19H15ClN2S. The van der Waals surface area contributed by atoms with Crippen molar-refractivity contribution in [2.45, 2.75) is 11.4 Å². The minimum Gasteiger partial charge on any atom is -0.260 e. The van der Waals surface area contributed by atoms with Crippen LogP contribution in [0, 0.1) is 11.8 Å². The molecule has 3 rings (SSSR count). The third kappa shape index (κ3) is 3.98. The quantitative estimate of drug-likeness (QED) is 0.495. The van der Waals surface area contributed by atoms with Gasteiger partial charge in [0.05, 0.1) is 10.7 Å². The van der Waals surface area contributed by atoms with E-state index >= 15 is 0 Å². The standard InChI is InChI=1S/C19H15ClN2S/c1-23-16-8-4-6-15(14-16)7-5-12-22-13-11-19(21-22)17-9-2-3-10-18(17)20/h2-4,6,8-11,13-14H,12H2,1H3. The van der Waals surface area contributed by atoms with E-state index in [2.05, 4.69) is 35.3 Å². The number of hydrogen-bond donors (Lipinski definition) is 0. The molecule has 2 aromatic carbocycles. The van der Waals surface area contributed by atoms with Crippen LogP contribution in [0.5, 0.6) is 0 Å². The van der Waals surface area contributed by atoms with Crippen LogP contribution in [-0.2, 0) is 6.54 Å². The summed E-state index contributed by atoms with van der Waals surface area (Å²) in [7, 11) is 0. The molecule has 0 amide bonds. The van der Waals surface area contributed by atoms with Crippen LogP contribution in [0.25, 0.3) is 11.3 Å². The van der Waals surface area contributed by atoms with Crippen molar-refractivity contribution in [3.63, 3.8) is 0 Å². The Morgan fingerprint density at radius 2 is 2.00 bits per heavy atom. The van der Waals surface area contributed by atoms with E-state index in [-0.39, 0.29) is 0 Å². The van der Waals surface area contributed by atoms with Crippen LogP contribution < -0.4 is 0 Å². The van der Waals surface area contributed by atoms with Crippen molar-refractivity contribution in [3.05, 3.63) is 71.4 Å². The number of nitrogens with zero attached hydrogens (tertiary/aromatic N) is 2. The first-order chi connectivity index (χ1) is 11.3. The van der Waals surface area contributed by atoms with Crippen molar-refractivity contribution in [1.29, 1.82) is 0 Å². The molecule has 23 heavy (non-hydrogen) atoms. The van der Waals surface area contributed by atoms with Crippen molar-refractivity contribution in [2.75, 3.05) is 6.26 Å². The van der Waals surface area contributed by atoms with Gasteiger partial charge in [0, 0.05) is 22.2 Å². The Kier molecular flexibility index (Phi) is 5.07. The molecule has 0 radical (unpaired) electrons. The van der Waals surface area contributed by atoms with Crippen LogP contribution in [0.4, 0.5) is 0 Å². The van der Waals surface area contributed by atoms with E-state index in [0.717, 1.165) is 16.8 Å². The summed E-state index contributed by atoms with van der Waals surface area (Å²) in [6.07, 6.45) is 3.98. The summed E-state index contributed by atoms with van der Waals surface area (Å²) in [5, 5.41) is 5.24. The lowest BCUT2D eigenvalue weighted by molar-refractivity contribution is 0.718. The lowest BCUT2D eigenvalue weighted by Gasteiger charge is -1.99. The third-order valence-corrected chi connectivity index (χ3v) is 4.39. The third-order valence-electron chi connectivity index (χ3n) is 3.33. The predicted molar refractivity (Wildman–Crippen MR) is 97.8 cm³/mol. The molecule has 4 heteroatoms. The van der Waals surface area contributed by atoms with E-state index in [1.807, 2.05) is 53.3 Å². The number of halogens is 1. The number of rotatable bonds is 3. The van der Waals surface area contributed by atoms with Gasteiger partial charge in [-0.2, -0.15) is 5.10 Å². The summed E-state index contributed by atoms with van der Waals surface area (Å²) < 4.78 is 1.82. The molecule has 1 heterocycles. The molecule has 0 saturated carbocycles. The topological polar surface area (TPSA) is 17.8 Å². The maximum Gasteiger partial charge on any atom is 0.102 e. The SMILES string of the molecule is CSc1cccc(C#CCn2ccc(-c3ccccc3Cl)n2)c1. The highest BCUT2D eigenvalue weighted by Gasteiger charge is 2.05. The minimum absolute atomic E-state index is 0.550. The molecule has 3 aromatic rings. The van der Waals surface area contributed by atoms with Gasteiger partial charge in [-0.25, -0.2) is 0 Å². The maximum atomic E-state index is 6.20. The van der Waals surface area contributed by atoms with Crippen LogP contribution in [0.15, 0.2) is 65.7 Å². The lowest BCUT2D eigenvalue weighted by atomic mass is 10.2. The molecule has 0 saturated heterocycles.